The van der Waals surface area contributed by atoms with E-state index in [4.69, 9.17) is 5.73 Å². The van der Waals surface area contributed by atoms with Crippen molar-refractivity contribution in [3.63, 3.8) is 0 Å². The number of nitrogens with one attached hydrogen (secondary N) is 1. The molecular formula is C13H17F3N2. The van der Waals surface area contributed by atoms with Crippen molar-refractivity contribution >= 4 is 0 Å². The van der Waals surface area contributed by atoms with Gasteiger partial charge in [-0.25, -0.2) is 13.2 Å². The van der Waals surface area contributed by atoms with E-state index in [2.05, 4.69) is 12.2 Å². The second kappa shape index (κ2) is 5.28. The summed E-state index contributed by atoms with van der Waals surface area (Å²) in [5.74, 6) is -2.49. The van der Waals surface area contributed by atoms with Crippen LogP contribution in [0.15, 0.2) is 12.1 Å². The molecule has 0 spiro atoms. The van der Waals surface area contributed by atoms with Gasteiger partial charge in [0, 0.05) is 12.6 Å². The zero-order valence-corrected chi connectivity index (χ0v) is 10.2. The molecule has 0 aliphatic heterocycles. The summed E-state index contributed by atoms with van der Waals surface area (Å²) in [5.41, 5.74) is 5.93. The molecule has 0 heterocycles. The van der Waals surface area contributed by atoms with Gasteiger partial charge in [0.15, 0.2) is 17.5 Å². The summed E-state index contributed by atoms with van der Waals surface area (Å²) in [5, 5.41) is 3.17. The molecule has 1 fully saturated rings. The second-order valence-corrected chi connectivity index (χ2v) is 4.97. The molecule has 1 aromatic carbocycles. The van der Waals surface area contributed by atoms with Crippen LogP contribution in [-0.2, 0) is 0 Å². The summed E-state index contributed by atoms with van der Waals surface area (Å²) in [6.45, 7) is 3.14. The first-order valence-corrected chi connectivity index (χ1v) is 6.10. The third kappa shape index (κ3) is 2.84. The van der Waals surface area contributed by atoms with Crippen molar-refractivity contribution in [1.29, 1.82) is 0 Å². The number of halogens is 3. The van der Waals surface area contributed by atoms with Gasteiger partial charge in [0.25, 0.3) is 0 Å². The molecule has 0 aromatic heterocycles. The predicted molar refractivity (Wildman–Crippen MR) is 63.4 cm³/mol. The Morgan fingerprint density at radius 3 is 2.33 bits per heavy atom. The van der Waals surface area contributed by atoms with Gasteiger partial charge in [-0.2, -0.15) is 0 Å². The zero-order chi connectivity index (χ0) is 13.3. The smallest absolute Gasteiger partial charge is 0.194 e. The van der Waals surface area contributed by atoms with E-state index in [1.165, 1.54) is 0 Å². The maximum absolute atomic E-state index is 13.1. The average molecular weight is 258 g/mol. The van der Waals surface area contributed by atoms with Crippen LogP contribution >= 0.6 is 0 Å². The van der Waals surface area contributed by atoms with E-state index in [0.29, 0.717) is 17.4 Å². The minimum absolute atomic E-state index is 0.214. The van der Waals surface area contributed by atoms with Gasteiger partial charge in [-0.05, 0) is 42.5 Å². The summed E-state index contributed by atoms with van der Waals surface area (Å²) in [7, 11) is 0. The van der Waals surface area contributed by atoms with Crippen LogP contribution in [0, 0.1) is 29.3 Å². The van der Waals surface area contributed by atoms with Gasteiger partial charge in [0.05, 0.1) is 0 Å². The van der Waals surface area contributed by atoms with Crippen LogP contribution in [0.3, 0.4) is 0 Å². The van der Waals surface area contributed by atoms with Crippen molar-refractivity contribution in [2.24, 2.45) is 17.6 Å². The first-order chi connectivity index (χ1) is 8.52. The van der Waals surface area contributed by atoms with E-state index < -0.39 is 17.5 Å². The summed E-state index contributed by atoms with van der Waals surface area (Å²) in [6, 6.07) is 1.65. The lowest BCUT2D eigenvalue weighted by molar-refractivity contribution is 0.438. The lowest BCUT2D eigenvalue weighted by Gasteiger charge is -2.17. The molecule has 1 aliphatic carbocycles. The first kappa shape index (κ1) is 13.4. The van der Waals surface area contributed by atoms with E-state index in [1.807, 2.05) is 0 Å². The van der Waals surface area contributed by atoms with Gasteiger partial charge >= 0.3 is 0 Å². The summed E-state index contributed by atoms with van der Waals surface area (Å²) >= 11 is 0. The number of hydrogen-bond donors (Lipinski definition) is 2. The topological polar surface area (TPSA) is 38.0 Å². The highest BCUT2D eigenvalue weighted by Crippen LogP contribution is 2.37. The third-order valence-corrected chi connectivity index (χ3v) is 3.55. The summed E-state index contributed by atoms with van der Waals surface area (Å²) < 4.78 is 39.1. The van der Waals surface area contributed by atoms with Crippen LogP contribution < -0.4 is 11.1 Å². The fourth-order valence-electron chi connectivity index (χ4n) is 2.09. The van der Waals surface area contributed by atoms with Crippen LogP contribution in [0.4, 0.5) is 13.2 Å². The molecule has 3 atom stereocenters. The molecule has 3 unspecified atom stereocenters. The Bertz CT molecular complexity index is 413. The van der Waals surface area contributed by atoms with Gasteiger partial charge in [-0.3, -0.25) is 0 Å². The van der Waals surface area contributed by atoms with Gasteiger partial charge in [0.1, 0.15) is 0 Å². The number of benzene rings is 1. The molecule has 0 amide bonds. The first-order valence-electron chi connectivity index (χ1n) is 6.10. The molecule has 1 saturated carbocycles. The van der Waals surface area contributed by atoms with Gasteiger partial charge < -0.3 is 11.1 Å². The molecule has 0 bridgehead atoms. The Labute approximate surface area is 104 Å². The molecule has 2 rings (SSSR count). The molecule has 3 N–H and O–H groups in total. The predicted octanol–water partition coefficient (Wildman–Crippen LogP) is 2.35. The van der Waals surface area contributed by atoms with Crippen molar-refractivity contribution in [2.45, 2.75) is 19.4 Å². The van der Waals surface area contributed by atoms with Crippen molar-refractivity contribution in [3.05, 3.63) is 35.1 Å². The van der Waals surface area contributed by atoms with Crippen molar-refractivity contribution in [2.75, 3.05) is 13.1 Å². The van der Waals surface area contributed by atoms with Crippen LogP contribution in [0.5, 0.6) is 0 Å². The quantitative estimate of drug-likeness (QED) is 0.796. The fourth-order valence-corrected chi connectivity index (χ4v) is 2.09. The Hall–Kier alpha value is -1.07. The van der Waals surface area contributed by atoms with Gasteiger partial charge in [-0.1, -0.05) is 6.92 Å². The Balaban J connectivity index is 2.06. The molecule has 1 aliphatic rings. The zero-order valence-electron chi connectivity index (χ0n) is 10.2. The fraction of sp³-hybridized carbons (Fsp3) is 0.538. The highest BCUT2D eigenvalue weighted by Gasteiger charge is 2.32. The SMILES string of the molecule is CC1CC1CNC(CN)c1cc(F)c(F)c(F)c1. The molecule has 100 valence electrons. The molecule has 0 radical (unpaired) electrons. The molecule has 1 aromatic rings. The number of nitrogens with two attached hydrogens (primary N) is 1. The molecule has 2 nitrogen and oxygen atoms in total. The monoisotopic (exact) mass is 258 g/mol. The lowest BCUT2D eigenvalue weighted by Crippen LogP contribution is -2.30. The minimum atomic E-state index is -1.44. The van der Waals surface area contributed by atoms with E-state index in [0.717, 1.165) is 25.1 Å². The van der Waals surface area contributed by atoms with E-state index in [-0.39, 0.29) is 12.6 Å². The number of hydrogen-bond acceptors (Lipinski definition) is 2. The van der Waals surface area contributed by atoms with Gasteiger partial charge in [0.2, 0.25) is 0 Å². The van der Waals surface area contributed by atoms with Crippen LogP contribution in [0.1, 0.15) is 24.9 Å². The summed E-state index contributed by atoms with van der Waals surface area (Å²) in [6.07, 6.45) is 1.16. The molecular weight excluding hydrogens is 241 g/mol. The van der Waals surface area contributed by atoms with Crippen LogP contribution in [0.2, 0.25) is 0 Å². The van der Waals surface area contributed by atoms with Crippen LogP contribution in [0.25, 0.3) is 0 Å². The Morgan fingerprint density at radius 1 is 1.33 bits per heavy atom. The lowest BCUT2D eigenvalue weighted by atomic mass is 10.1. The summed E-state index contributed by atoms with van der Waals surface area (Å²) in [4.78, 5) is 0. The van der Waals surface area contributed by atoms with Crippen LogP contribution in [-0.4, -0.2) is 13.1 Å². The van der Waals surface area contributed by atoms with E-state index in [9.17, 15) is 13.2 Å². The van der Waals surface area contributed by atoms with Crippen molar-refractivity contribution in [3.8, 4) is 0 Å². The van der Waals surface area contributed by atoms with Crippen molar-refractivity contribution < 1.29 is 13.2 Å². The average Bonchev–Trinajstić information content (AvgIpc) is 3.03. The largest absolute Gasteiger partial charge is 0.329 e. The standard InChI is InChI=1S/C13H17F3N2/c1-7-2-9(7)6-18-12(5-17)8-3-10(14)13(16)11(15)4-8/h3-4,7,9,12,18H,2,5-6,17H2,1H3. The van der Waals surface area contributed by atoms with E-state index in [1.54, 1.807) is 0 Å². The number of rotatable bonds is 5. The minimum Gasteiger partial charge on any atom is -0.329 e. The third-order valence-electron chi connectivity index (χ3n) is 3.55. The normalized spacial score (nSPS) is 24.1. The molecule has 5 heteroatoms. The van der Waals surface area contributed by atoms with E-state index >= 15 is 0 Å². The van der Waals surface area contributed by atoms with Crippen molar-refractivity contribution in [1.82, 2.24) is 5.32 Å². The second-order valence-electron chi connectivity index (χ2n) is 4.97. The molecule has 0 saturated heterocycles. The maximum Gasteiger partial charge on any atom is 0.194 e. The highest BCUT2D eigenvalue weighted by atomic mass is 19.2. The highest BCUT2D eigenvalue weighted by molar-refractivity contribution is 5.23. The molecule has 18 heavy (non-hydrogen) atoms. The Morgan fingerprint density at radius 2 is 1.89 bits per heavy atom. The maximum atomic E-state index is 13.1. The Kier molecular flexibility index (Phi) is 3.92. The van der Waals surface area contributed by atoms with Gasteiger partial charge in [-0.15, -0.1) is 0 Å².